The average molecular weight is 584 g/mol. The third-order valence-corrected chi connectivity index (χ3v) is 7.44. The van der Waals surface area contributed by atoms with E-state index in [0.29, 0.717) is 37.1 Å². The van der Waals surface area contributed by atoms with Crippen LogP contribution in [0.5, 0.6) is 0 Å². The number of nitrogens with zero attached hydrogens (tertiary/aromatic N) is 2. The van der Waals surface area contributed by atoms with Crippen molar-refractivity contribution in [3.8, 4) is 11.3 Å². The van der Waals surface area contributed by atoms with Gasteiger partial charge in [0.25, 0.3) is 5.56 Å². The summed E-state index contributed by atoms with van der Waals surface area (Å²) in [6.07, 6.45) is 1.70. The van der Waals surface area contributed by atoms with Crippen LogP contribution in [0.15, 0.2) is 90.6 Å². The highest BCUT2D eigenvalue weighted by atomic mass is 79.9. The number of furan rings is 1. The first kappa shape index (κ1) is 24.5. The van der Waals surface area contributed by atoms with Gasteiger partial charge in [0.1, 0.15) is 11.5 Å². The Hall–Kier alpha value is -3.20. The minimum absolute atomic E-state index is 0.214. The number of benzene rings is 2. The maximum atomic E-state index is 13.7. The Bertz CT molecular complexity index is 1680. The van der Waals surface area contributed by atoms with Crippen molar-refractivity contribution in [2.24, 2.45) is 4.99 Å². The summed E-state index contributed by atoms with van der Waals surface area (Å²) in [6.45, 7) is 3.71. The van der Waals surface area contributed by atoms with Gasteiger partial charge in [-0.2, -0.15) is 0 Å². The molecule has 0 bridgehead atoms. The lowest BCUT2D eigenvalue weighted by molar-refractivity contribution is -0.139. The first-order chi connectivity index (χ1) is 17.4. The zero-order chi connectivity index (χ0) is 25.4. The van der Waals surface area contributed by atoms with E-state index in [1.807, 2.05) is 36.4 Å². The highest BCUT2D eigenvalue weighted by molar-refractivity contribution is 9.10. The largest absolute Gasteiger partial charge is 0.463 e. The van der Waals surface area contributed by atoms with Crippen LogP contribution in [0.25, 0.3) is 17.4 Å². The van der Waals surface area contributed by atoms with Gasteiger partial charge >= 0.3 is 5.97 Å². The molecule has 1 atom stereocenters. The van der Waals surface area contributed by atoms with Gasteiger partial charge in [-0.05, 0) is 55.8 Å². The molecule has 2 aromatic heterocycles. The van der Waals surface area contributed by atoms with E-state index >= 15 is 0 Å². The predicted molar refractivity (Wildman–Crippen MR) is 144 cm³/mol. The van der Waals surface area contributed by atoms with Crippen molar-refractivity contribution in [1.82, 2.24) is 4.57 Å². The Kier molecular flexibility index (Phi) is 6.83. The van der Waals surface area contributed by atoms with Gasteiger partial charge in [0.05, 0.1) is 28.5 Å². The Morgan fingerprint density at radius 3 is 2.72 bits per heavy atom. The summed E-state index contributed by atoms with van der Waals surface area (Å²) in [5, 5.41) is 0.559. The molecule has 1 unspecified atom stereocenters. The number of thiazole rings is 1. The molecule has 1 aliphatic rings. The molecule has 0 N–H and O–H groups in total. The summed E-state index contributed by atoms with van der Waals surface area (Å²) in [5.74, 6) is 0.729. The summed E-state index contributed by atoms with van der Waals surface area (Å²) in [7, 11) is 0. The van der Waals surface area contributed by atoms with Crippen molar-refractivity contribution in [3.63, 3.8) is 0 Å². The maximum absolute atomic E-state index is 13.7. The zero-order valence-electron chi connectivity index (χ0n) is 19.3. The summed E-state index contributed by atoms with van der Waals surface area (Å²) in [6, 6.07) is 17.9. The molecule has 3 heterocycles. The number of aromatic nitrogens is 1. The maximum Gasteiger partial charge on any atom is 0.338 e. The van der Waals surface area contributed by atoms with Crippen LogP contribution in [0.4, 0.5) is 0 Å². The van der Waals surface area contributed by atoms with Crippen LogP contribution in [0, 0.1) is 0 Å². The second kappa shape index (κ2) is 10.0. The summed E-state index contributed by atoms with van der Waals surface area (Å²) < 4.78 is 14.3. The molecule has 0 saturated heterocycles. The lowest BCUT2D eigenvalue weighted by Crippen LogP contribution is -2.39. The lowest BCUT2D eigenvalue weighted by atomic mass is 9.96. The van der Waals surface area contributed by atoms with E-state index in [4.69, 9.17) is 20.8 Å². The molecule has 0 amide bonds. The molecule has 36 heavy (non-hydrogen) atoms. The van der Waals surface area contributed by atoms with Crippen molar-refractivity contribution in [2.45, 2.75) is 19.9 Å². The fourth-order valence-electron chi connectivity index (χ4n) is 4.11. The van der Waals surface area contributed by atoms with Gasteiger partial charge in [-0.1, -0.05) is 63.1 Å². The second-order valence-corrected chi connectivity index (χ2v) is 10.4. The molecule has 182 valence electrons. The van der Waals surface area contributed by atoms with Crippen LogP contribution in [-0.4, -0.2) is 17.1 Å². The van der Waals surface area contributed by atoms with Gasteiger partial charge in [0.15, 0.2) is 4.80 Å². The van der Waals surface area contributed by atoms with E-state index in [-0.39, 0.29) is 12.2 Å². The van der Waals surface area contributed by atoms with Crippen LogP contribution in [-0.2, 0) is 9.53 Å². The molecule has 0 saturated carbocycles. The molecule has 1 aliphatic heterocycles. The number of allylic oxidation sites excluding steroid dienone is 1. The zero-order valence-corrected chi connectivity index (χ0v) is 22.5. The topological polar surface area (TPSA) is 73.8 Å². The first-order valence-corrected chi connectivity index (χ1v) is 13.2. The minimum atomic E-state index is -0.687. The van der Waals surface area contributed by atoms with E-state index in [1.54, 1.807) is 44.2 Å². The lowest BCUT2D eigenvalue weighted by Gasteiger charge is -2.24. The smallest absolute Gasteiger partial charge is 0.338 e. The third-order valence-electron chi connectivity index (χ3n) is 5.71. The number of ether oxygens (including phenoxy) is 1. The first-order valence-electron chi connectivity index (χ1n) is 11.2. The molecule has 2 aromatic carbocycles. The summed E-state index contributed by atoms with van der Waals surface area (Å²) in [5.41, 5.74) is 2.22. The number of fused-ring (bicyclic) bond motifs is 1. The van der Waals surface area contributed by atoms with E-state index < -0.39 is 12.0 Å². The Morgan fingerprint density at radius 2 is 2.00 bits per heavy atom. The molecule has 0 aliphatic carbocycles. The van der Waals surface area contributed by atoms with Crippen molar-refractivity contribution < 1.29 is 13.9 Å². The van der Waals surface area contributed by atoms with E-state index in [2.05, 4.69) is 20.9 Å². The normalized spacial score (nSPS) is 15.6. The molecular weight excluding hydrogens is 564 g/mol. The van der Waals surface area contributed by atoms with Crippen molar-refractivity contribution in [3.05, 3.63) is 112 Å². The number of esters is 1. The number of carbonyl (C=O) groups excluding carboxylic acids is 1. The van der Waals surface area contributed by atoms with Gasteiger partial charge in [0.2, 0.25) is 0 Å². The Balaban J connectivity index is 1.64. The van der Waals surface area contributed by atoms with Gasteiger partial charge < -0.3 is 9.15 Å². The highest BCUT2D eigenvalue weighted by Crippen LogP contribution is 2.31. The van der Waals surface area contributed by atoms with E-state index in [9.17, 15) is 9.59 Å². The van der Waals surface area contributed by atoms with Crippen molar-refractivity contribution >= 4 is 50.9 Å². The van der Waals surface area contributed by atoms with Crippen LogP contribution < -0.4 is 14.9 Å². The molecule has 9 heteroatoms. The standard InChI is InChI=1S/C27H20BrClN2O4S/c1-3-34-26(33)23-15(2)30-27-31(24(23)16-7-9-19(29)10-8-16)25(32)22(36-27)14-20-11-12-21(35-20)17-5-4-6-18(28)13-17/h4-14,24H,3H2,1-2H3/b22-14-. The quantitative estimate of drug-likeness (QED) is 0.292. The Labute approximate surface area is 224 Å². The number of rotatable bonds is 5. The molecule has 5 rings (SSSR count). The molecule has 6 nitrogen and oxygen atoms in total. The molecule has 4 aromatic rings. The van der Waals surface area contributed by atoms with Crippen LogP contribution in [0.3, 0.4) is 0 Å². The minimum Gasteiger partial charge on any atom is -0.463 e. The van der Waals surface area contributed by atoms with Crippen LogP contribution >= 0.6 is 38.9 Å². The fourth-order valence-corrected chi connectivity index (χ4v) is 5.66. The van der Waals surface area contributed by atoms with E-state index in [1.165, 1.54) is 15.9 Å². The van der Waals surface area contributed by atoms with Gasteiger partial charge in [-0.3, -0.25) is 9.36 Å². The van der Waals surface area contributed by atoms with Gasteiger partial charge in [-0.25, -0.2) is 9.79 Å². The third kappa shape index (κ3) is 4.64. The van der Waals surface area contributed by atoms with Crippen LogP contribution in [0.1, 0.15) is 31.2 Å². The average Bonchev–Trinajstić information content (AvgIpc) is 3.43. The summed E-state index contributed by atoms with van der Waals surface area (Å²) >= 11 is 10.8. The SMILES string of the molecule is CCOC(=O)C1=C(C)N=c2s/c(=C\c3ccc(-c4cccc(Br)c4)o3)c(=O)n2C1c1ccc(Cl)cc1. The van der Waals surface area contributed by atoms with Crippen molar-refractivity contribution in [2.75, 3.05) is 6.61 Å². The predicted octanol–water partition coefficient (Wildman–Crippen LogP) is 5.47. The number of hydrogen-bond donors (Lipinski definition) is 0. The van der Waals surface area contributed by atoms with Gasteiger partial charge in [0, 0.05) is 21.1 Å². The number of halogens is 2. The fraction of sp³-hybridized carbons (Fsp3) is 0.148. The van der Waals surface area contributed by atoms with Crippen molar-refractivity contribution in [1.29, 1.82) is 0 Å². The van der Waals surface area contributed by atoms with Gasteiger partial charge in [-0.15, -0.1) is 0 Å². The number of hydrogen-bond acceptors (Lipinski definition) is 6. The summed E-state index contributed by atoms with van der Waals surface area (Å²) in [4.78, 5) is 31.7. The molecular formula is C27H20BrClN2O4S. The molecule has 0 fully saturated rings. The number of carbonyl (C=O) groups is 1. The van der Waals surface area contributed by atoms with Crippen LogP contribution in [0.2, 0.25) is 5.02 Å². The monoisotopic (exact) mass is 582 g/mol. The Morgan fingerprint density at radius 1 is 1.22 bits per heavy atom. The van der Waals surface area contributed by atoms with E-state index in [0.717, 1.165) is 15.6 Å². The second-order valence-electron chi connectivity index (χ2n) is 8.07. The molecule has 0 radical (unpaired) electrons. The molecule has 0 spiro atoms. The highest BCUT2D eigenvalue weighted by Gasteiger charge is 2.33.